The van der Waals surface area contributed by atoms with Crippen molar-refractivity contribution in [2.24, 2.45) is 10.2 Å². The Bertz CT molecular complexity index is 1620. The van der Waals surface area contributed by atoms with E-state index < -0.39 is 0 Å². The molecule has 0 amide bonds. The Labute approximate surface area is 222 Å². The molecule has 0 fully saturated rings. The molecule has 6 nitrogen and oxygen atoms in total. The Morgan fingerprint density at radius 3 is 1.92 bits per heavy atom. The smallest absolute Gasteiger partial charge is 0.283 e. The average Bonchev–Trinajstić information content (AvgIpc) is 3.20. The van der Waals surface area contributed by atoms with Gasteiger partial charge in [0.25, 0.3) is 5.56 Å². The van der Waals surface area contributed by atoms with Crippen LogP contribution in [0.5, 0.6) is 5.88 Å². The zero-order chi connectivity index (χ0) is 25.6. The van der Waals surface area contributed by atoms with E-state index in [0.29, 0.717) is 29.1 Å². The van der Waals surface area contributed by atoms with E-state index in [1.807, 2.05) is 115 Å². The Hall–Kier alpha value is -4.49. The van der Waals surface area contributed by atoms with Crippen LogP contribution >= 0.6 is 15.9 Å². The van der Waals surface area contributed by atoms with Crippen LogP contribution < -0.4 is 5.56 Å². The summed E-state index contributed by atoms with van der Waals surface area (Å²) in [5, 5.41) is 20.2. The minimum absolute atomic E-state index is 0.168. The summed E-state index contributed by atoms with van der Waals surface area (Å²) in [6.45, 7) is 0. The summed E-state index contributed by atoms with van der Waals surface area (Å²) < 4.78 is 3.81. The highest BCUT2D eigenvalue weighted by atomic mass is 79.9. The van der Waals surface area contributed by atoms with Crippen molar-refractivity contribution in [2.45, 2.75) is 6.42 Å². The first-order valence-electron chi connectivity index (χ1n) is 11.7. The zero-order valence-corrected chi connectivity index (χ0v) is 21.4. The minimum Gasteiger partial charge on any atom is -0.493 e. The van der Waals surface area contributed by atoms with Crippen molar-refractivity contribution in [2.75, 3.05) is 0 Å². The second-order valence-corrected chi connectivity index (χ2v) is 9.14. The van der Waals surface area contributed by atoms with Crippen LogP contribution in [0.15, 0.2) is 141 Å². The first-order chi connectivity index (χ1) is 18.1. The molecule has 1 heterocycles. The average molecular weight is 551 g/mol. The Balaban J connectivity index is 1.71. The topological polar surface area (TPSA) is 71.9 Å². The van der Waals surface area contributed by atoms with Crippen molar-refractivity contribution in [1.29, 1.82) is 0 Å². The number of allylic oxidation sites excluding steroid dienone is 1. The quantitative estimate of drug-likeness (QED) is 0.213. The van der Waals surface area contributed by atoms with Gasteiger partial charge in [-0.05, 0) is 63.5 Å². The Morgan fingerprint density at radius 2 is 1.30 bits per heavy atom. The van der Waals surface area contributed by atoms with E-state index in [4.69, 9.17) is 0 Å². The van der Waals surface area contributed by atoms with Gasteiger partial charge in [0.2, 0.25) is 5.88 Å². The lowest BCUT2D eigenvalue weighted by Gasteiger charge is -2.12. The molecule has 0 saturated heterocycles. The van der Waals surface area contributed by atoms with Crippen LogP contribution in [0.1, 0.15) is 11.1 Å². The van der Waals surface area contributed by atoms with Crippen LogP contribution in [0, 0.1) is 0 Å². The second kappa shape index (κ2) is 11.1. The maximum Gasteiger partial charge on any atom is 0.283 e. The molecular weight excluding hydrogens is 528 g/mol. The number of azo groups is 1. The molecule has 5 rings (SSSR count). The number of halogens is 1. The van der Waals surface area contributed by atoms with Gasteiger partial charge in [0.15, 0.2) is 0 Å². The Morgan fingerprint density at radius 1 is 0.757 bits per heavy atom. The number of aromatic nitrogens is 2. The monoisotopic (exact) mass is 550 g/mol. The van der Waals surface area contributed by atoms with Gasteiger partial charge in [-0.1, -0.05) is 78.9 Å². The molecule has 0 aliphatic heterocycles. The molecule has 0 atom stereocenters. The summed E-state index contributed by atoms with van der Waals surface area (Å²) in [6, 6.07) is 35.8. The first-order valence-corrected chi connectivity index (χ1v) is 12.5. The first kappa shape index (κ1) is 24.2. The maximum atomic E-state index is 14.0. The number of benzene rings is 4. The molecule has 0 spiro atoms. The van der Waals surface area contributed by atoms with Crippen molar-refractivity contribution >= 4 is 27.2 Å². The van der Waals surface area contributed by atoms with E-state index in [1.54, 1.807) is 6.20 Å². The van der Waals surface area contributed by atoms with Crippen LogP contribution in [-0.4, -0.2) is 14.5 Å². The second-order valence-electron chi connectivity index (χ2n) is 8.28. The molecular formula is C30H23BrN4O2. The normalized spacial score (nSPS) is 11.8. The highest BCUT2D eigenvalue weighted by Crippen LogP contribution is 2.31. The van der Waals surface area contributed by atoms with Gasteiger partial charge >= 0.3 is 0 Å². The SMILES string of the molecule is O=c1c(/C(=C/N=Nc2ccccc2Br)Cc2ccccc2)c(O)n(-c2ccccc2)n1-c1ccccc1. The highest BCUT2D eigenvalue weighted by Gasteiger charge is 2.25. The van der Waals surface area contributed by atoms with Crippen molar-refractivity contribution < 1.29 is 5.11 Å². The molecule has 1 N–H and O–H groups in total. The summed E-state index contributed by atoms with van der Waals surface area (Å²) in [6.07, 6.45) is 1.93. The summed E-state index contributed by atoms with van der Waals surface area (Å²) in [7, 11) is 0. The minimum atomic E-state index is -0.356. The summed E-state index contributed by atoms with van der Waals surface area (Å²) in [5.41, 5.74) is 3.28. The number of para-hydroxylation sites is 2. The van der Waals surface area contributed by atoms with Crippen LogP contribution in [-0.2, 0) is 6.42 Å². The van der Waals surface area contributed by atoms with Gasteiger partial charge in [0.05, 0.1) is 23.3 Å². The van der Waals surface area contributed by atoms with E-state index in [0.717, 1.165) is 10.0 Å². The number of aromatic hydroxyl groups is 1. The van der Waals surface area contributed by atoms with Gasteiger partial charge in [0.1, 0.15) is 5.56 Å². The molecule has 0 radical (unpaired) electrons. The molecule has 0 unspecified atom stereocenters. The Kier molecular flexibility index (Phi) is 7.23. The summed E-state index contributed by atoms with van der Waals surface area (Å²) >= 11 is 3.48. The third-order valence-corrected chi connectivity index (χ3v) is 6.49. The van der Waals surface area contributed by atoms with Crippen LogP contribution in [0.4, 0.5) is 5.69 Å². The predicted octanol–water partition coefficient (Wildman–Crippen LogP) is 7.46. The molecule has 7 heteroatoms. The number of hydrogen-bond donors (Lipinski definition) is 1. The van der Waals surface area contributed by atoms with Crippen molar-refractivity contribution in [3.8, 4) is 17.3 Å². The standard InChI is InChI=1S/C30H23BrN4O2/c31-26-18-10-11-19-27(26)33-32-21-23(20-22-12-4-1-5-13-22)28-29(36)34(24-14-6-2-7-15-24)35(30(28)37)25-16-8-3-9-17-25/h1-19,21,36H,20H2/b23-21+,33-32?. The van der Waals surface area contributed by atoms with E-state index in [1.165, 1.54) is 9.36 Å². The van der Waals surface area contributed by atoms with Crippen molar-refractivity contribution in [1.82, 2.24) is 9.36 Å². The van der Waals surface area contributed by atoms with E-state index >= 15 is 0 Å². The largest absolute Gasteiger partial charge is 0.493 e. The number of hydrogen-bond acceptors (Lipinski definition) is 4. The molecule has 182 valence electrons. The fourth-order valence-electron chi connectivity index (χ4n) is 4.09. The predicted molar refractivity (Wildman–Crippen MR) is 150 cm³/mol. The molecule has 1 aromatic heterocycles. The van der Waals surface area contributed by atoms with Crippen LogP contribution in [0.2, 0.25) is 0 Å². The van der Waals surface area contributed by atoms with Crippen LogP contribution in [0.3, 0.4) is 0 Å². The molecule has 0 saturated carbocycles. The highest BCUT2D eigenvalue weighted by molar-refractivity contribution is 9.10. The van der Waals surface area contributed by atoms with Gasteiger partial charge in [-0.15, -0.1) is 5.11 Å². The van der Waals surface area contributed by atoms with E-state index in [9.17, 15) is 9.90 Å². The van der Waals surface area contributed by atoms with Gasteiger partial charge in [0, 0.05) is 10.9 Å². The van der Waals surface area contributed by atoms with Crippen LogP contribution in [0.25, 0.3) is 16.9 Å². The molecule has 5 aromatic rings. The lowest BCUT2D eigenvalue weighted by atomic mass is 10.0. The third kappa shape index (κ3) is 5.22. The molecule has 37 heavy (non-hydrogen) atoms. The molecule has 0 aliphatic carbocycles. The number of nitrogens with zero attached hydrogens (tertiary/aromatic N) is 4. The fraction of sp³-hybridized carbons (Fsp3) is 0.0333. The molecule has 0 bridgehead atoms. The van der Waals surface area contributed by atoms with Gasteiger partial charge < -0.3 is 5.11 Å². The summed E-state index contributed by atoms with van der Waals surface area (Å²) in [4.78, 5) is 14.0. The number of rotatable bonds is 7. The lowest BCUT2D eigenvalue weighted by molar-refractivity contribution is 0.424. The van der Waals surface area contributed by atoms with Gasteiger partial charge in [-0.3, -0.25) is 4.79 Å². The molecule has 4 aromatic carbocycles. The van der Waals surface area contributed by atoms with Crippen molar-refractivity contribution in [3.05, 3.63) is 147 Å². The van der Waals surface area contributed by atoms with Gasteiger partial charge in [-0.25, -0.2) is 9.36 Å². The van der Waals surface area contributed by atoms with Crippen molar-refractivity contribution in [3.63, 3.8) is 0 Å². The summed E-state index contributed by atoms with van der Waals surface area (Å²) in [5.74, 6) is -0.168. The van der Waals surface area contributed by atoms with Gasteiger partial charge in [-0.2, -0.15) is 5.11 Å². The van der Waals surface area contributed by atoms with E-state index in [2.05, 4.69) is 26.2 Å². The fourth-order valence-corrected chi connectivity index (χ4v) is 4.45. The third-order valence-electron chi connectivity index (χ3n) is 5.82. The zero-order valence-electron chi connectivity index (χ0n) is 19.8. The molecule has 0 aliphatic rings. The maximum absolute atomic E-state index is 14.0. The lowest BCUT2D eigenvalue weighted by Crippen LogP contribution is -2.21. The van der Waals surface area contributed by atoms with E-state index in [-0.39, 0.29) is 17.0 Å².